The molecule has 1 heterocycles. The summed E-state index contributed by atoms with van der Waals surface area (Å²) in [6.07, 6.45) is 9.03. The van der Waals surface area contributed by atoms with Crippen LogP contribution >= 0.6 is 0 Å². The van der Waals surface area contributed by atoms with Crippen molar-refractivity contribution in [2.45, 2.75) is 57.0 Å². The molecule has 0 aromatic heterocycles. The molecule has 114 valence electrons. The molecule has 20 heavy (non-hydrogen) atoms. The van der Waals surface area contributed by atoms with Crippen molar-refractivity contribution in [3.05, 3.63) is 0 Å². The van der Waals surface area contributed by atoms with E-state index in [4.69, 9.17) is 4.74 Å². The first-order valence-corrected chi connectivity index (χ1v) is 8.31. The summed E-state index contributed by atoms with van der Waals surface area (Å²) in [5.74, 6) is 0.925. The van der Waals surface area contributed by atoms with Gasteiger partial charge in [-0.25, -0.2) is 0 Å². The highest BCUT2D eigenvalue weighted by molar-refractivity contribution is 5.72. The van der Waals surface area contributed by atoms with Crippen LogP contribution in [0.4, 0.5) is 0 Å². The van der Waals surface area contributed by atoms with Crippen LogP contribution in [0.3, 0.4) is 0 Å². The second kappa shape index (κ2) is 6.44. The summed E-state index contributed by atoms with van der Waals surface area (Å²) in [6.45, 7) is 3.18. The van der Waals surface area contributed by atoms with E-state index in [1.807, 2.05) is 0 Å². The van der Waals surface area contributed by atoms with Crippen molar-refractivity contribution in [2.75, 3.05) is 26.7 Å². The third kappa shape index (κ3) is 3.73. The fourth-order valence-electron chi connectivity index (χ4n) is 3.89. The molecule has 1 aliphatic heterocycles. The predicted octanol–water partition coefficient (Wildman–Crippen LogP) is 1.79. The van der Waals surface area contributed by atoms with E-state index in [9.17, 15) is 4.79 Å². The Morgan fingerprint density at radius 3 is 2.55 bits per heavy atom. The Morgan fingerprint density at radius 1 is 1.15 bits per heavy atom. The van der Waals surface area contributed by atoms with E-state index in [-0.39, 0.29) is 11.9 Å². The summed E-state index contributed by atoms with van der Waals surface area (Å²) in [7, 11) is 1.52. The van der Waals surface area contributed by atoms with E-state index in [0.717, 1.165) is 25.4 Å². The summed E-state index contributed by atoms with van der Waals surface area (Å²) in [4.78, 5) is 14.4. The zero-order valence-electron chi connectivity index (χ0n) is 12.6. The molecule has 0 aromatic carbocycles. The van der Waals surface area contributed by atoms with Gasteiger partial charge < -0.3 is 15.0 Å². The Kier molecular flexibility index (Phi) is 4.61. The van der Waals surface area contributed by atoms with Crippen molar-refractivity contribution in [2.24, 2.45) is 11.8 Å². The Hall–Kier alpha value is -0.610. The second-order valence-corrected chi connectivity index (χ2v) is 6.96. The van der Waals surface area contributed by atoms with Crippen LogP contribution in [0, 0.1) is 11.8 Å². The molecule has 2 atom stereocenters. The molecule has 4 heteroatoms. The molecular weight excluding hydrogens is 252 g/mol. The molecule has 2 aliphatic carbocycles. The minimum absolute atomic E-state index is 0.0243. The monoisotopic (exact) mass is 280 g/mol. The molecule has 0 bridgehead atoms. The van der Waals surface area contributed by atoms with Crippen molar-refractivity contribution in [1.82, 2.24) is 10.2 Å². The van der Waals surface area contributed by atoms with Gasteiger partial charge in [0.15, 0.2) is 0 Å². The van der Waals surface area contributed by atoms with E-state index in [2.05, 4.69) is 10.2 Å². The number of hydrogen-bond donors (Lipinski definition) is 1. The molecule has 3 rings (SSSR count). The molecule has 2 unspecified atom stereocenters. The molecule has 2 saturated carbocycles. The number of likely N-dealkylation sites (tertiary alicyclic amines) is 1. The van der Waals surface area contributed by atoms with Crippen molar-refractivity contribution in [3.63, 3.8) is 0 Å². The van der Waals surface area contributed by atoms with Gasteiger partial charge in [0.2, 0.25) is 0 Å². The number of nitrogens with one attached hydrogen (secondary N) is 1. The Labute approximate surface area is 122 Å². The lowest BCUT2D eigenvalue weighted by atomic mass is 9.93. The number of methoxy groups -OCH3 is 1. The van der Waals surface area contributed by atoms with E-state index >= 15 is 0 Å². The maximum Gasteiger partial charge on any atom is 0.310 e. The Bertz CT molecular complexity index is 337. The average Bonchev–Trinajstić information content (AvgIpc) is 3.11. The number of nitrogens with zero attached hydrogens (tertiary/aromatic N) is 1. The van der Waals surface area contributed by atoms with Crippen LogP contribution in [0.25, 0.3) is 0 Å². The van der Waals surface area contributed by atoms with Crippen LogP contribution in [0.5, 0.6) is 0 Å². The van der Waals surface area contributed by atoms with Gasteiger partial charge in [-0.15, -0.1) is 0 Å². The van der Waals surface area contributed by atoms with Gasteiger partial charge in [0, 0.05) is 31.7 Å². The van der Waals surface area contributed by atoms with Crippen molar-refractivity contribution < 1.29 is 9.53 Å². The predicted molar refractivity (Wildman–Crippen MR) is 78.5 cm³/mol. The number of carbonyl (C=O) groups excluding carboxylic acids is 1. The molecule has 0 aromatic rings. The number of piperidine rings is 1. The topological polar surface area (TPSA) is 41.6 Å². The second-order valence-electron chi connectivity index (χ2n) is 6.96. The van der Waals surface area contributed by atoms with Gasteiger partial charge in [-0.1, -0.05) is 12.8 Å². The van der Waals surface area contributed by atoms with E-state index in [1.54, 1.807) is 0 Å². The van der Waals surface area contributed by atoms with E-state index in [1.165, 1.54) is 52.2 Å². The number of esters is 1. The normalized spacial score (nSPS) is 32.5. The summed E-state index contributed by atoms with van der Waals surface area (Å²) in [6, 6.07) is 1.15. The third-order valence-electron chi connectivity index (χ3n) is 5.10. The van der Waals surface area contributed by atoms with Gasteiger partial charge in [-0.3, -0.25) is 4.79 Å². The highest BCUT2D eigenvalue weighted by Crippen LogP contribution is 2.31. The molecule has 0 radical (unpaired) electrons. The van der Waals surface area contributed by atoms with Gasteiger partial charge in [-0.2, -0.15) is 0 Å². The molecule has 0 amide bonds. The maximum absolute atomic E-state index is 11.9. The zero-order chi connectivity index (χ0) is 13.9. The number of rotatable bonds is 5. The Morgan fingerprint density at radius 2 is 1.90 bits per heavy atom. The van der Waals surface area contributed by atoms with Crippen LogP contribution in [-0.4, -0.2) is 49.7 Å². The summed E-state index contributed by atoms with van der Waals surface area (Å²) in [5, 5.41) is 3.80. The number of hydrogen-bond acceptors (Lipinski definition) is 4. The van der Waals surface area contributed by atoms with Gasteiger partial charge in [0.25, 0.3) is 0 Å². The van der Waals surface area contributed by atoms with Gasteiger partial charge in [0.05, 0.1) is 13.0 Å². The van der Waals surface area contributed by atoms with Gasteiger partial charge in [-0.05, 0) is 38.0 Å². The molecule has 1 saturated heterocycles. The molecule has 1 N–H and O–H groups in total. The van der Waals surface area contributed by atoms with Crippen molar-refractivity contribution in [3.8, 4) is 0 Å². The lowest BCUT2D eigenvalue weighted by Gasteiger charge is -2.38. The standard InChI is InChI=1S/C16H28N2O2/c1-20-16(19)13-8-15(17-14-4-2-3-5-14)11-18(10-13)9-12-6-7-12/h12-15,17H,2-11H2,1H3. The minimum Gasteiger partial charge on any atom is -0.469 e. The smallest absolute Gasteiger partial charge is 0.310 e. The van der Waals surface area contributed by atoms with E-state index in [0.29, 0.717) is 12.1 Å². The van der Waals surface area contributed by atoms with Crippen LogP contribution < -0.4 is 5.32 Å². The molecular formula is C16H28N2O2. The van der Waals surface area contributed by atoms with Crippen LogP contribution in [0.1, 0.15) is 44.9 Å². The first-order valence-electron chi connectivity index (χ1n) is 8.31. The maximum atomic E-state index is 11.9. The van der Waals surface area contributed by atoms with E-state index < -0.39 is 0 Å². The molecule has 4 nitrogen and oxygen atoms in total. The zero-order valence-corrected chi connectivity index (χ0v) is 12.6. The average molecular weight is 280 g/mol. The largest absolute Gasteiger partial charge is 0.469 e. The first-order chi connectivity index (χ1) is 9.74. The van der Waals surface area contributed by atoms with Crippen molar-refractivity contribution in [1.29, 1.82) is 0 Å². The number of carbonyl (C=O) groups is 1. The Balaban J connectivity index is 1.57. The molecule has 3 aliphatic rings. The fraction of sp³-hybridized carbons (Fsp3) is 0.938. The van der Waals surface area contributed by atoms with Crippen LogP contribution in [0.2, 0.25) is 0 Å². The first kappa shape index (κ1) is 14.3. The quantitative estimate of drug-likeness (QED) is 0.780. The highest BCUT2D eigenvalue weighted by atomic mass is 16.5. The molecule has 3 fully saturated rings. The lowest BCUT2D eigenvalue weighted by molar-refractivity contribution is -0.147. The highest BCUT2D eigenvalue weighted by Gasteiger charge is 2.35. The fourth-order valence-corrected chi connectivity index (χ4v) is 3.89. The lowest BCUT2D eigenvalue weighted by Crippen LogP contribution is -2.53. The van der Waals surface area contributed by atoms with Crippen molar-refractivity contribution >= 4 is 5.97 Å². The summed E-state index contributed by atoms with van der Waals surface area (Å²) < 4.78 is 4.98. The molecule has 0 spiro atoms. The van der Waals surface area contributed by atoms with Gasteiger partial charge in [0.1, 0.15) is 0 Å². The SMILES string of the molecule is COC(=O)C1CC(NC2CCCC2)CN(CC2CC2)C1. The third-order valence-corrected chi connectivity index (χ3v) is 5.10. The van der Waals surface area contributed by atoms with Gasteiger partial charge >= 0.3 is 5.97 Å². The number of ether oxygens (including phenoxy) is 1. The summed E-state index contributed by atoms with van der Waals surface area (Å²) >= 11 is 0. The van der Waals surface area contributed by atoms with Crippen LogP contribution in [0.15, 0.2) is 0 Å². The van der Waals surface area contributed by atoms with Crippen LogP contribution in [-0.2, 0) is 9.53 Å². The summed E-state index contributed by atoms with van der Waals surface area (Å²) in [5.41, 5.74) is 0. The minimum atomic E-state index is -0.0243.